The fraction of sp³-hybridized carbons (Fsp3) is 0.192. The first-order valence-corrected chi connectivity index (χ1v) is 10.9. The third-order valence-electron chi connectivity index (χ3n) is 5.76. The molecule has 1 amide bonds. The minimum absolute atomic E-state index is 0.0121. The van der Waals surface area contributed by atoms with Gasteiger partial charge in [-0.2, -0.15) is 4.98 Å². The number of hydrogen-bond acceptors (Lipinski definition) is 5. The Morgan fingerprint density at radius 2 is 1.73 bits per heavy atom. The Morgan fingerprint density at radius 1 is 1.00 bits per heavy atom. The predicted octanol–water partition coefficient (Wildman–Crippen LogP) is 5.05. The van der Waals surface area contributed by atoms with Crippen LogP contribution in [0.1, 0.15) is 6.42 Å². The van der Waals surface area contributed by atoms with E-state index in [1.54, 1.807) is 0 Å². The van der Waals surface area contributed by atoms with Crippen LogP contribution in [0, 0.1) is 5.92 Å². The van der Waals surface area contributed by atoms with Gasteiger partial charge in [0, 0.05) is 25.8 Å². The van der Waals surface area contributed by atoms with Crippen LogP contribution in [-0.2, 0) is 11.3 Å². The average Bonchev–Trinajstić information content (AvgIpc) is 3.49. The van der Waals surface area contributed by atoms with E-state index in [0.29, 0.717) is 17.5 Å². The Kier molecular flexibility index (Phi) is 5.76. The number of hydrogen-bond donors (Lipinski definition) is 0. The number of ether oxygens (including phenoxy) is 2. The van der Waals surface area contributed by atoms with E-state index in [0.717, 1.165) is 48.6 Å². The van der Waals surface area contributed by atoms with Crippen molar-refractivity contribution in [1.82, 2.24) is 19.4 Å². The molecule has 0 spiro atoms. The second-order valence-corrected chi connectivity index (χ2v) is 8.01. The van der Waals surface area contributed by atoms with Crippen molar-refractivity contribution in [3.8, 4) is 23.1 Å². The molecule has 2 aromatic heterocycles. The summed E-state index contributed by atoms with van der Waals surface area (Å²) in [7, 11) is 0. The lowest BCUT2D eigenvalue weighted by atomic mass is 10.1. The van der Waals surface area contributed by atoms with Crippen LogP contribution in [0.3, 0.4) is 0 Å². The van der Waals surface area contributed by atoms with Crippen LogP contribution < -0.4 is 9.47 Å². The molecule has 1 fully saturated rings. The van der Waals surface area contributed by atoms with E-state index in [-0.39, 0.29) is 5.91 Å². The fourth-order valence-electron chi connectivity index (χ4n) is 4.13. The molecule has 1 aliphatic rings. The Hall–Kier alpha value is -4.13. The molecule has 0 N–H and O–H groups in total. The molecule has 7 nitrogen and oxygen atoms in total. The van der Waals surface area contributed by atoms with Gasteiger partial charge in [0.15, 0.2) is 0 Å². The van der Waals surface area contributed by atoms with E-state index >= 15 is 0 Å². The van der Waals surface area contributed by atoms with Crippen LogP contribution in [0.5, 0.6) is 23.1 Å². The number of carbonyl (C=O) groups excluding carboxylic acids is 1. The van der Waals surface area contributed by atoms with Gasteiger partial charge in [-0.05, 0) is 60.9 Å². The Morgan fingerprint density at radius 3 is 2.48 bits per heavy atom. The van der Waals surface area contributed by atoms with Crippen molar-refractivity contribution in [3.63, 3.8) is 0 Å². The lowest BCUT2D eigenvalue weighted by molar-refractivity contribution is -0.125. The van der Waals surface area contributed by atoms with E-state index in [1.165, 1.54) is 12.4 Å². The lowest BCUT2D eigenvalue weighted by Gasteiger charge is -2.16. The highest BCUT2D eigenvalue weighted by Gasteiger charge is 2.26. The predicted molar refractivity (Wildman–Crippen MR) is 125 cm³/mol. The lowest BCUT2D eigenvalue weighted by Crippen LogP contribution is -2.27. The molecule has 5 rings (SSSR count). The molecule has 0 aliphatic carbocycles. The minimum Gasteiger partial charge on any atom is -0.457 e. The molecule has 7 heteroatoms. The van der Waals surface area contributed by atoms with E-state index in [1.807, 2.05) is 71.8 Å². The van der Waals surface area contributed by atoms with Crippen LogP contribution in [0.15, 0.2) is 85.8 Å². The van der Waals surface area contributed by atoms with Crippen molar-refractivity contribution < 1.29 is 14.3 Å². The summed E-state index contributed by atoms with van der Waals surface area (Å²) in [5, 5.41) is 0. The number of benzene rings is 2. The van der Waals surface area contributed by atoms with E-state index in [2.05, 4.69) is 21.1 Å². The van der Waals surface area contributed by atoms with E-state index < -0.39 is 0 Å². The summed E-state index contributed by atoms with van der Waals surface area (Å²) in [6.07, 6.45) is 5.84. The van der Waals surface area contributed by atoms with Crippen LogP contribution in [-0.4, -0.2) is 38.4 Å². The number of nitrogens with zero attached hydrogens (tertiary/aromatic N) is 4. The maximum Gasteiger partial charge on any atom is 0.247 e. The number of para-hydroxylation sites is 1. The molecule has 0 radical (unpaired) electrons. The molecule has 33 heavy (non-hydrogen) atoms. The van der Waals surface area contributed by atoms with Gasteiger partial charge in [0.2, 0.25) is 11.8 Å². The second-order valence-electron chi connectivity index (χ2n) is 8.01. The third kappa shape index (κ3) is 4.57. The van der Waals surface area contributed by atoms with Crippen LogP contribution >= 0.6 is 0 Å². The summed E-state index contributed by atoms with van der Waals surface area (Å²) in [5.41, 5.74) is 1.66. The van der Waals surface area contributed by atoms with Crippen molar-refractivity contribution in [2.45, 2.75) is 13.0 Å². The molecule has 1 atom stereocenters. The highest BCUT2D eigenvalue weighted by atomic mass is 16.5. The first kappa shape index (κ1) is 20.8. The van der Waals surface area contributed by atoms with Gasteiger partial charge in [-0.15, -0.1) is 0 Å². The van der Waals surface area contributed by atoms with Gasteiger partial charge in [-0.3, -0.25) is 4.79 Å². The van der Waals surface area contributed by atoms with Gasteiger partial charge in [0.1, 0.15) is 29.1 Å². The molecule has 0 bridgehead atoms. The maximum atomic E-state index is 11.9. The van der Waals surface area contributed by atoms with Crippen LogP contribution in [0.25, 0.3) is 11.0 Å². The zero-order chi connectivity index (χ0) is 22.6. The summed E-state index contributed by atoms with van der Waals surface area (Å²) in [6.45, 7) is 5.82. The van der Waals surface area contributed by atoms with Gasteiger partial charge in [0.25, 0.3) is 0 Å². The van der Waals surface area contributed by atoms with Gasteiger partial charge in [-0.25, -0.2) is 4.98 Å². The highest BCUT2D eigenvalue weighted by Crippen LogP contribution is 2.31. The van der Waals surface area contributed by atoms with Crippen molar-refractivity contribution in [2.75, 3.05) is 13.1 Å². The third-order valence-corrected chi connectivity index (χ3v) is 5.76. The highest BCUT2D eigenvalue weighted by molar-refractivity contribution is 5.87. The number of aromatic nitrogens is 3. The smallest absolute Gasteiger partial charge is 0.247 e. The number of rotatable bonds is 7. The zero-order valence-electron chi connectivity index (χ0n) is 18.1. The largest absolute Gasteiger partial charge is 0.457 e. The van der Waals surface area contributed by atoms with E-state index in [4.69, 9.17) is 9.47 Å². The minimum atomic E-state index is -0.0121. The van der Waals surface area contributed by atoms with Crippen LogP contribution in [0.2, 0.25) is 0 Å². The summed E-state index contributed by atoms with van der Waals surface area (Å²) < 4.78 is 14.1. The quantitative estimate of drug-likeness (QED) is 0.376. The normalized spacial score (nSPS) is 15.5. The van der Waals surface area contributed by atoms with Gasteiger partial charge in [0.05, 0.1) is 5.52 Å². The Balaban J connectivity index is 1.32. The standard InChI is InChI=1S/C26H24N4O3/c1-2-24(31)29-14-12-19(16-29)17-30-15-13-23-25(30)26(28-18-27-23)33-22-10-8-21(9-11-22)32-20-6-4-3-5-7-20/h2-11,13,15,18-19H,1,12,14,16-17H2. The van der Waals surface area contributed by atoms with Crippen molar-refractivity contribution >= 4 is 16.9 Å². The topological polar surface area (TPSA) is 69.5 Å². The van der Waals surface area contributed by atoms with Gasteiger partial charge < -0.3 is 18.9 Å². The summed E-state index contributed by atoms with van der Waals surface area (Å²) in [6, 6.07) is 19.0. The molecule has 4 aromatic rings. The monoisotopic (exact) mass is 440 g/mol. The summed E-state index contributed by atoms with van der Waals surface area (Å²) in [5.74, 6) is 3.01. The van der Waals surface area contributed by atoms with Gasteiger partial charge >= 0.3 is 0 Å². The first-order valence-electron chi connectivity index (χ1n) is 10.9. The van der Waals surface area contributed by atoms with Gasteiger partial charge in [-0.1, -0.05) is 24.8 Å². The summed E-state index contributed by atoms with van der Waals surface area (Å²) >= 11 is 0. The maximum absolute atomic E-state index is 11.9. The number of amides is 1. The van der Waals surface area contributed by atoms with E-state index in [9.17, 15) is 4.79 Å². The van der Waals surface area contributed by atoms with Crippen molar-refractivity contribution in [3.05, 3.63) is 85.8 Å². The molecular formula is C26H24N4O3. The molecule has 166 valence electrons. The average molecular weight is 441 g/mol. The number of fused-ring (bicyclic) bond motifs is 1. The molecule has 0 saturated carbocycles. The summed E-state index contributed by atoms with van der Waals surface area (Å²) in [4.78, 5) is 22.5. The van der Waals surface area contributed by atoms with Crippen molar-refractivity contribution in [1.29, 1.82) is 0 Å². The fourth-order valence-corrected chi connectivity index (χ4v) is 4.13. The second kappa shape index (κ2) is 9.16. The Bertz CT molecular complexity index is 1270. The first-order chi connectivity index (χ1) is 16.2. The Labute approximate surface area is 191 Å². The number of carbonyl (C=O) groups is 1. The molecule has 2 aromatic carbocycles. The van der Waals surface area contributed by atoms with Crippen LogP contribution in [0.4, 0.5) is 0 Å². The molecular weight excluding hydrogens is 416 g/mol. The zero-order valence-corrected chi connectivity index (χ0v) is 18.1. The molecule has 1 unspecified atom stereocenters. The molecule has 3 heterocycles. The SMILES string of the molecule is C=CC(=O)N1CCC(Cn2ccc3ncnc(Oc4ccc(Oc5ccccc5)cc4)c32)C1. The number of likely N-dealkylation sites (tertiary alicyclic amines) is 1. The van der Waals surface area contributed by atoms with Crippen molar-refractivity contribution in [2.24, 2.45) is 5.92 Å². The molecule has 1 aliphatic heterocycles. The molecule has 1 saturated heterocycles.